The van der Waals surface area contributed by atoms with E-state index in [0.29, 0.717) is 6.54 Å². The molecule has 0 aliphatic carbocycles. The summed E-state index contributed by atoms with van der Waals surface area (Å²) in [5, 5.41) is 2.96. The van der Waals surface area contributed by atoms with Crippen molar-refractivity contribution in [2.75, 3.05) is 13.1 Å². The molecule has 2 aliphatic rings. The number of amides is 2. The van der Waals surface area contributed by atoms with E-state index in [2.05, 4.69) is 16.4 Å². The third-order valence-electron chi connectivity index (χ3n) is 2.91. The molecule has 0 aromatic carbocycles. The predicted molar refractivity (Wildman–Crippen MR) is 56.1 cm³/mol. The molecule has 4 nitrogen and oxygen atoms in total. The lowest BCUT2D eigenvalue weighted by molar-refractivity contribution is 0.222. The third-order valence-corrected chi connectivity index (χ3v) is 2.91. The molecular weight excluding hydrogens is 190 g/mol. The van der Waals surface area contributed by atoms with Crippen LogP contribution < -0.4 is 5.32 Å². The molecule has 1 atom stereocenters. The Hall–Kier alpha value is -1.84. The first-order valence-electron chi connectivity index (χ1n) is 5.00. The topological polar surface area (TPSA) is 45.2 Å². The maximum atomic E-state index is 11.4. The minimum absolute atomic E-state index is 0.0420. The second kappa shape index (κ2) is 3.08. The van der Waals surface area contributed by atoms with E-state index < -0.39 is 0 Å². The highest BCUT2D eigenvalue weighted by atomic mass is 16.2. The summed E-state index contributed by atoms with van der Waals surface area (Å²) in [7, 11) is 0. The van der Waals surface area contributed by atoms with Crippen molar-refractivity contribution in [3.63, 3.8) is 0 Å². The minimum atomic E-state index is 0.0420. The number of nitrogens with one attached hydrogen (secondary N) is 1. The fraction of sp³-hybridized carbons (Fsp3) is 0.273. The van der Waals surface area contributed by atoms with Gasteiger partial charge in [0.2, 0.25) is 0 Å². The minimum Gasteiger partial charge on any atom is -0.329 e. The van der Waals surface area contributed by atoms with Crippen LogP contribution in [-0.2, 0) is 0 Å². The van der Waals surface area contributed by atoms with Gasteiger partial charge in [-0.15, -0.1) is 0 Å². The summed E-state index contributed by atoms with van der Waals surface area (Å²) in [6, 6.07) is 4.15. The summed E-state index contributed by atoms with van der Waals surface area (Å²) in [5.74, 6) is 0. The van der Waals surface area contributed by atoms with E-state index in [9.17, 15) is 4.79 Å². The summed E-state index contributed by atoms with van der Waals surface area (Å²) in [5.41, 5.74) is 2.36. The fourth-order valence-corrected chi connectivity index (χ4v) is 2.14. The van der Waals surface area contributed by atoms with Crippen molar-refractivity contribution in [3.05, 3.63) is 36.2 Å². The third kappa shape index (κ3) is 1.29. The Kier molecular flexibility index (Phi) is 1.74. The molecule has 1 saturated heterocycles. The lowest BCUT2D eigenvalue weighted by Crippen LogP contribution is -2.29. The van der Waals surface area contributed by atoms with Crippen LogP contribution in [0.1, 0.15) is 5.56 Å². The van der Waals surface area contributed by atoms with Gasteiger partial charge in [-0.2, -0.15) is 0 Å². The van der Waals surface area contributed by atoms with E-state index in [-0.39, 0.29) is 12.1 Å². The lowest BCUT2D eigenvalue weighted by atomic mass is 9.97. The number of carbonyl (C=O) groups is 1. The molecule has 3 heterocycles. The number of hydrogen-bond donors (Lipinski definition) is 1. The Balaban J connectivity index is 1.96. The smallest absolute Gasteiger partial charge is 0.318 e. The standard InChI is InChI=1S/C11H11N3O/c15-11-13-10-7-14(11)6-3-9(10)8-1-4-12-5-2-8/h1-5,10H,6-7H2,(H,13,15). The van der Waals surface area contributed by atoms with Crippen LogP contribution in [0.4, 0.5) is 4.79 Å². The van der Waals surface area contributed by atoms with Gasteiger partial charge in [-0.1, -0.05) is 6.08 Å². The van der Waals surface area contributed by atoms with Crippen LogP contribution in [-0.4, -0.2) is 35.0 Å². The normalized spacial score (nSPS) is 23.7. The van der Waals surface area contributed by atoms with E-state index in [1.807, 2.05) is 17.0 Å². The van der Waals surface area contributed by atoms with Gasteiger partial charge < -0.3 is 10.2 Å². The van der Waals surface area contributed by atoms with Gasteiger partial charge in [0, 0.05) is 25.5 Å². The van der Waals surface area contributed by atoms with E-state index in [4.69, 9.17) is 0 Å². The molecule has 3 rings (SSSR count). The second-order valence-corrected chi connectivity index (χ2v) is 3.80. The molecule has 1 aromatic heterocycles. The summed E-state index contributed by atoms with van der Waals surface area (Å²) >= 11 is 0. The van der Waals surface area contributed by atoms with Crippen molar-refractivity contribution in [1.29, 1.82) is 0 Å². The maximum absolute atomic E-state index is 11.4. The first-order valence-corrected chi connectivity index (χ1v) is 5.00. The highest BCUT2D eigenvalue weighted by Gasteiger charge is 2.34. The second-order valence-electron chi connectivity index (χ2n) is 3.80. The van der Waals surface area contributed by atoms with Crippen LogP contribution in [0.25, 0.3) is 5.57 Å². The van der Waals surface area contributed by atoms with E-state index in [1.165, 1.54) is 5.57 Å². The number of nitrogens with zero attached hydrogens (tertiary/aromatic N) is 2. The molecular formula is C11H11N3O. The molecule has 4 heteroatoms. The lowest BCUT2D eigenvalue weighted by Gasteiger charge is -2.21. The molecule has 0 saturated carbocycles. The molecule has 1 aromatic rings. The SMILES string of the molecule is O=C1NC2CN1CC=C2c1ccncc1. The highest BCUT2D eigenvalue weighted by molar-refractivity contribution is 5.85. The average Bonchev–Trinajstić information content (AvgIpc) is 2.56. The van der Waals surface area contributed by atoms with Crippen molar-refractivity contribution < 1.29 is 4.79 Å². The monoisotopic (exact) mass is 201 g/mol. The van der Waals surface area contributed by atoms with Crippen LogP contribution in [0.15, 0.2) is 30.6 Å². The Labute approximate surface area is 87.6 Å². The molecule has 2 amide bonds. The molecule has 76 valence electrons. The summed E-state index contributed by atoms with van der Waals surface area (Å²) in [6.07, 6.45) is 5.67. The first kappa shape index (κ1) is 8.47. The summed E-state index contributed by atoms with van der Waals surface area (Å²) in [4.78, 5) is 17.2. The van der Waals surface area contributed by atoms with Gasteiger partial charge in [0.25, 0.3) is 0 Å². The molecule has 2 bridgehead atoms. The zero-order valence-corrected chi connectivity index (χ0v) is 8.18. The van der Waals surface area contributed by atoms with Crippen molar-refractivity contribution >= 4 is 11.6 Å². The van der Waals surface area contributed by atoms with Crippen molar-refractivity contribution in [3.8, 4) is 0 Å². The molecule has 1 fully saturated rings. The molecule has 0 radical (unpaired) electrons. The van der Waals surface area contributed by atoms with Crippen molar-refractivity contribution in [1.82, 2.24) is 15.2 Å². The molecule has 15 heavy (non-hydrogen) atoms. The fourth-order valence-electron chi connectivity index (χ4n) is 2.14. The average molecular weight is 201 g/mol. The van der Waals surface area contributed by atoms with Gasteiger partial charge in [0.05, 0.1) is 6.04 Å². The first-order chi connectivity index (χ1) is 7.34. The Morgan fingerprint density at radius 2 is 2.20 bits per heavy atom. The Morgan fingerprint density at radius 1 is 1.40 bits per heavy atom. The maximum Gasteiger partial charge on any atom is 0.318 e. The van der Waals surface area contributed by atoms with E-state index in [0.717, 1.165) is 12.1 Å². The van der Waals surface area contributed by atoms with E-state index >= 15 is 0 Å². The zero-order chi connectivity index (χ0) is 10.3. The zero-order valence-electron chi connectivity index (χ0n) is 8.18. The van der Waals surface area contributed by atoms with Crippen LogP contribution in [0.3, 0.4) is 0 Å². The summed E-state index contributed by atoms with van der Waals surface area (Å²) < 4.78 is 0. The molecule has 1 N–H and O–H groups in total. The summed E-state index contributed by atoms with van der Waals surface area (Å²) in [6.45, 7) is 1.49. The number of aromatic nitrogens is 1. The number of hydrogen-bond acceptors (Lipinski definition) is 2. The number of urea groups is 1. The quantitative estimate of drug-likeness (QED) is 0.732. The highest BCUT2D eigenvalue weighted by Crippen LogP contribution is 2.25. The number of rotatable bonds is 1. The van der Waals surface area contributed by atoms with Gasteiger partial charge >= 0.3 is 6.03 Å². The van der Waals surface area contributed by atoms with Gasteiger partial charge in [-0.25, -0.2) is 4.79 Å². The van der Waals surface area contributed by atoms with Gasteiger partial charge in [0.15, 0.2) is 0 Å². The van der Waals surface area contributed by atoms with Gasteiger partial charge in [-0.05, 0) is 23.3 Å². The molecule has 1 unspecified atom stereocenters. The Bertz CT molecular complexity index is 427. The van der Waals surface area contributed by atoms with Crippen LogP contribution >= 0.6 is 0 Å². The van der Waals surface area contributed by atoms with Crippen LogP contribution in [0, 0.1) is 0 Å². The molecule has 2 aliphatic heterocycles. The number of fused-ring (bicyclic) bond motifs is 2. The van der Waals surface area contributed by atoms with E-state index in [1.54, 1.807) is 12.4 Å². The molecule has 0 spiro atoms. The van der Waals surface area contributed by atoms with Crippen LogP contribution in [0.2, 0.25) is 0 Å². The van der Waals surface area contributed by atoms with Gasteiger partial charge in [-0.3, -0.25) is 4.98 Å². The number of pyridine rings is 1. The largest absolute Gasteiger partial charge is 0.329 e. The van der Waals surface area contributed by atoms with Crippen LogP contribution in [0.5, 0.6) is 0 Å². The Morgan fingerprint density at radius 3 is 3.00 bits per heavy atom. The van der Waals surface area contributed by atoms with Crippen molar-refractivity contribution in [2.45, 2.75) is 6.04 Å². The number of carbonyl (C=O) groups excluding carboxylic acids is 1. The van der Waals surface area contributed by atoms with Crippen molar-refractivity contribution in [2.24, 2.45) is 0 Å². The predicted octanol–water partition coefficient (Wildman–Crippen LogP) is 0.872. The van der Waals surface area contributed by atoms with Gasteiger partial charge in [0.1, 0.15) is 0 Å².